The average molecular weight is 426 g/mol. The van der Waals surface area contributed by atoms with Crippen LogP contribution in [0.3, 0.4) is 0 Å². The molecule has 0 saturated carbocycles. The summed E-state index contributed by atoms with van der Waals surface area (Å²) < 4.78 is 6.34. The van der Waals surface area contributed by atoms with Gasteiger partial charge in [-0.05, 0) is 47.7 Å². The largest absolute Gasteiger partial charge is 0.486 e. The molecule has 1 fully saturated rings. The summed E-state index contributed by atoms with van der Waals surface area (Å²) in [6, 6.07) is 11.5. The zero-order valence-electron chi connectivity index (χ0n) is 18.0. The van der Waals surface area contributed by atoms with Gasteiger partial charge in [0.05, 0.1) is 12.0 Å². The highest BCUT2D eigenvalue weighted by atomic mass is 35.5. The number of likely N-dealkylation sites (tertiary alicyclic amines) is 1. The van der Waals surface area contributed by atoms with Gasteiger partial charge in [0.15, 0.2) is 5.78 Å². The van der Waals surface area contributed by atoms with Gasteiger partial charge >= 0.3 is 0 Å². The molecule has 1 spiro atoms. The molecule has 1 amide bonds. The second-order valence-electron chi connectivity index (χ2n) is 9.60. The third-order valence-electron chi connectivity index (χ3n) is 6.33. The zero-order chi connectivity index (χ0) is 21.7. The van der Waals surface area contributed by atoms with Gasteiger partial charge in [-0.15, -0.1) is 0 Å². The van der Waals surface area contributed by atoms with Crippen molar-refractivity contribution in [2.45, 2.75) is 58.0 Å². The Kier molecular flexibility index (Phi) is 5.17. The monoisotopic (exact) mass is 425 g/mol. The van der Waals surface area contributed by atoms with Crippen LogP contribution in [-0.4, -0.2) is 35.3 Å². The number of aryl methyl sites for hydroxylation is 1. The number of benzene rings is 2. The number of carbonyl (C=O) groups is 2. The molecule has 0 unspecified atom stereocenters. The number of ether oxygens (including phenoxy) is 1. The van der Waals surface area contributed by atoms with Crippen LogP contribution >= 0.6 is 11.6 Å². The summed E-state index contributed by atoms with van der Waals surface area (Å²) in [5, 5.41) is 0.583. The van der Waals surface area contributed by atoms with E-state index in [1.54, 1.807) is 6.07 Å². The maximum absolute atomic E-state index is 13.0. The Morgan fingerprint density at radius 2 is 1.73 bits per heavy atom. The van der Waals surface area contributed by atoms with Crippen molar-refractivity contribution in [1.29, 1.82) is 0 Å². The molecule has 0 aromatic heterocycles. The standard InChI is InChI=1S/C25H28ClNO3/c1-16-13-22-19(14-20(16)26)21(28)15-25(30-22)9-11-27(12-10-25)23(29)17-5-7-18(8-6-17)24(2,3)4/h5-8,13-14H,9-12,15H2,1-4H3. The summed E-state index contributed by atoms with van der Waals surface area (Å²) in [7, 11) is 0. The third kappa shape index (κ3) is 3.85. The van der Waals surface area contributed by atoms with Gasteiger partial charge in [0, 0.05) is 36.5 Å². The van der Waals surface area contributed by atoms with Crippen LogP contribution in [-0.2, 0) is 5.41 Å². The van der Waals surface area contributed by atoms with E-state index in [-0.39, 0.29) is 17.1 Å². The first kappa shape index (κ1) is 20.9. The molecular weight excluding hydrogens is 398 g/mol. The van der Waals surface area contributed by atoms with E-state index in [9.17, 15) is 9.59 Å². The lowest BCUT2D eigenvalue weighted by Gasteiger charge is -2.44. The van der Waals surface area contributed by atoms with E-state index in [1.165, 1.54) is 5.56 Å². The van der Waals surface area contributed by atoms with E-state index in [0.717, 1.165) is 5.56 Å². The van der Waals surface area contributed by atoms with Crippen molar-refractivity contribution in [2.75, 3.05) is 13.1 Å². The highest BCUT2D eigenvalue weighted by Crippen LogP contribution is 2.41. The van der Waals surface area contributed by atoms with E-state index in [0.29, 0.717) is 54.3 Å². The molecule has 2 aliphatic rings. The molecule has 2 aromatic carbocycles. The Labute approximate surface area is 183 Å². The lowest BCUT2D eigenvalue weighted by molar-refractivity contribution is -0.00573. The number of hydrogen-bond donors (Lipinski definition) is 0. The summed E-state index contributed by atoms with van der Waals surface area (Å²) in [5.74, 6) is 0.719. The first-order valence-corrected chi connectivity index (χ1v) is 10.9. The number of amides is 1. The molecule has 5 heteroatoms. The Morgan fingerprint density at radius 1 is 1.10 bits per heavy atom. The van der Waals surface area contributed by atoms with E-state index in [1.807, 2.05) is 42.2 Å². The molecule has 4 nitrogen and oxygen atoms in total. The lowest BCUT2D eigenvalue weighted by Crippen LogP contribution is -2.52. The minimum Gasteiger partial charge on any atom is -0.486 e. The Morgan fingerprint density at radius 3 is 2.33 bits per heavy atom. The second-order valence-corrected chi connectivity index (χ2v) is 10.0. The SMILES string of the molecule is Cc1cc2c(cc1Cl)C(=O)CC1(CCN(C(=O)c3ccc(C(C)(C)C)cc3)CC1)O2. The fraction of sp³-hybridized carbons (Fsp3) is 0.440. The predicted molar refractivity (Wildman–Crippen MR) is 119 cm³/mol. The smallest absolute Gasteiger partial charge is 0.253 e. The topological polar surface area (TPSA) is 46.6 Å². The third-order valence-corrected chi connectivity index (χ3v) is 6.74. The fourth-order valence-corrected chi connectivity index (χ4v) is 4.47. The molecule has 30 heavy (non-hydrogen) atoms. The number of halogens is 1. The number of rotatable bonds is 1. The van der Waals surface area contributed by atoms with Crippen LogP contribution in [0.4, 0.5) is 0 Å². The van der Waals surface area contributed by atoms with Crippen molar-refractivity contribution < 1.29 is 14.3 Å². The maximum atomic E-state index is 13.0. The van der Waals surface area contributed by atoms with Crippen molar-refractivity contribution in [3.8, 4) is 5.75 Å². The molecule has 158 valence electrons. The molecule has 2 aliphatic heterocycles. The number of piperidine rings is 1. The average Bonchev–Trinajstić information content (AvgIpc) is 2.69. The molecular formula is C25H28ClNO3. The van der Waals surface area contributed by atoms with Crippen molar-refractivity contribution >= 4 is 23.3 Å². The molecule has 2 aromatic rings. The van der Waals surface area contributed by atoms with Gasteiger partial charge in [0.25, 0.3) is 5.91 Å². The highest BCUT2D eigenvalue weighted by molar-refractivity contribution is 6.31. The maximum Gasteiger partial charge on any atom is 0.253 e. The summed E-state index contributed by atoms with van der Waals surface area (Å²) in [4.78, 5) is 27.6. The van der Waals surface area contributed by atoms with E-state index in [4.69, 9.17) is 16.3 Å². The molecule has 1 saturated heterocycles. The van der Waals surface area contributed by atoms with Gasteiger partial charge in [0.1, 0.15) is 11.4 Å². The van der Waals surface area contributed by atoms with Crippen molar-refractivity contribution in [2.24, 2.45) is 0 Å². The minimum absolute atomic E-state index is 0.0375. The molecule has 4 rings (SSSR count). The van der Waals surface area contributed by atoms with Crippen molar-refractivity contribution in [1.82, 2.24) is 4.90 Å². The zero-order valence-corrected chi connectivity index (χ0v) is 18.8. The Bertz CT molecular complexity index is 996. The number of nitrogens with zero attached hydrogens (tertiary/aromatic N) is 1. The van der Waals surface area contributed by atoms with E-state index >= 15 is 0 Å². The minimum atomic E-state index is -0.531. The molecule has 2 heterocycles. The van der Waals surface area contributed by atoms with Crippen LogP contribution in [0.2, 0.25) is 5.02 Å². The molecule has 0 aliphatic carbocycles. The predicted octanol–water partition coefficient (Wildman–Crippen LogP) is 5.59. The van der Waals surface area contributed by atoms with Gasteiger partial charge in [-0.1, -0.05) is 44.5 Å². The quantitative estimate of drug-likeness (QED) is 0.598. The number of fused-ring (bicyclic) bond motifs is 1. The number of hydrogen-bond acceptors (Lipinski definition) is 3. The van der Waals surface area contributed by atoms with Gasteiger partial charge in [-0.3, -0.25) is 9.59 Å². The molecule has 0 atom stereocenters. The van der Waals surface area contributed by atoms with Crippen molar-refractivity contribution in [3.05, 3.63) is 63.7 Å². The number of Topliss-reactive ketones (excluding diaryl/α,β-unsaturated/α-hetero) is 1. The Hall–Kier alpha value is -2.33. The number of carbonyl (C=O) groups excluding carboxylic acids is 2. The van der Waals surface area contributed by atoms with E-state index < -0.39 is 5.60 Å². The van der Waals surface area contributed by atoms with Gasteiger partial charge in [-0.25, -0.2) is 0 Å². The first-order valence-electron chi connectivity index (χ1n) is 10.5. The van der Waals surface area contributed by atoms with Crippen LogP contribution < -0.4 is 4.74 Å². The first-order chi connectivity index (χ1) is 14.1. The second kappa shape index (κ2) is 7.42. The summed E-state index contributed by atoms with van der Waals surface area (Å²) >= 11 is 6.18. The molecule has 0 N–H and O–H groups in total. The van der Waals surface area contributed by atoms with Crippen LogP contribution in [0.1, 0.15) is 71.9 Å². The van der Waals surface area contributed by atoms with Gasteiger partial charge < -0.3 is 9.64 Å². The summed E-state index contributed by atoms with van der Waals surface area (Å²) in [5.41, 5.74) is 2.90. The molecule has 0 bridgehead atoms. The van der Waals surface area contributed by atoms with E-state index in [2.05, 4.69) is 20.8 Å². The molecule has 0 radical (unpaired) electrons. The Balaban J connectivity index is 1.46. The fourth-order valence-electron chi connectivity index (χ4n) is 4.31. The van der Waals surface area contributed by atoms with Crippen LogP contribution in [0.15, 0.2) is 36.4 Å². The van der Waals surface area contributed by atoms with Gasteiger partial charge in [-0.2, -0.15) is 0 Å². The lowest BCUT2D eigenvalue weighted by atomic mass is 9.82. The normalized spacial score (nSPS) is 18.2. The van der Waals surface area contributed by atoms with Crippen LogP contribution in [0.25, 0.3) is 0 Å². The van der Waals surface area contributed by atoms with Crippen LogP contribution in [0.5, 0.6) is 5.75 Å². The van der Waals surface area contributed by atoms with Gasteiger partial charge in [0.2, 0.25) is 0 Å². The highest BCUT2D eigenvalue weighted by Gasteiger charge is 2.44. The number of ketones is 1. The summed E-state index contributed by atoms with van der Waals surface area (Å²) in [6.07, 6.45) is 1.62. The van der Waals surface area contributed by atoms with Crippen molar-refractivity contribution in [3.63, 3.8) is 0 Å². The summed E-state index contributed by atoms with van der Waals surface area (Å²) in [6.45, 7) is 9.54. The van der Waals surface area contributed by atoms with Crippen LogP contribution in [0, 0.1) is 6.92 Å².